The van der Waals surface area contributed by atoms with Gasteiger partial charge in [0.05, 0.1) is 0 Å². The summed E-state index contributed by atoms with van der Waals surface area (Å²) in [6.45, 7) is 6.82. The topological polar surface area (TPSA) is 21.3 Å². The number of hydrogen-bond acceptors (Lipinski definition) is 2. The van der Waals surface area contributed by atoms with E-state index in [1.807, 2.05) is 6.92 Å². The minimum atomic E-state index is 0.478. The number of ether oxygens (including phenoxy) is 1. The first-order valence-corrected chi connectivity index (χ1v) is 5.09. The van der Waals surface area contributed by atoms with E-state index in [2.05, 4.69) is 18.2 Å². The fourth-order valence-corrected chi connectivity index (χ4v) is 1.13. The molecule has 0 bridgehead atoms. The Labute approximate surface area is 82.1 Å². The molecule has 2 heteroatoms. The third-order valence-corrected chi connectivity index (χ3v) is 1.96. The molecule has 0 saturated heterocycles. The summed E-state index contributed by atoms with van der Waals surface area (Å²) < 4.78 is 5.23. The summed E-state index contributed by atoms with van der Waals surface area (Å²) in [7, 11) is 0. The highest BCUT2D eigenvalue weighted by Crippen LogP contribution is 1.95. The average Bonchev–Trinajstić information content (AvgIpc) is 2.16. The van der Waals surface area contributed by atoms with Gasteiger partial charge >= 0.3 is 0 Å². The molecule has 1 N–H and O–H groups in total. The molecule has 0 amide bonds. The second kappa shape index (κ2) is 9.57. The van der Waals surface area contributed by atoms with E-state index >= 15 is 0 Å². The van der Waals surface area contributed by atoms with E-state index in [0.29, 0.717) is 6.04 Å². The van der Waals surface area contributed by atoms with Crippen LogP contribution in [0.15, 0.2) is 0 Å². The summed E-state index contributed by atoms with van der Waals surface area (Å²) in [5, 5.41) is 3.41. The van der Waals surface area contributed by atoms with Crippen molar-refractivity contribution in [1.29, 1.82) is 0 Å². The van der Waals surface area contributed by atoms with Crippen LogP contribution in [-0.2, 0) is 4.74 Å². The van der Waals surface area contributed by atoms with Crippen molar-refractivity contribution in [2.45, 2.75) is 39.2 Å². The van der Waals surface area contributed by atoms with Gasteiger partial charge in [0.25, 0.3) is 0 Å². The molecule has 13 heavy (non-hydrogen) atoms. The third kappa shape index (κ3) is 7.83. The third-order valence-electron chi connectivity index (χ3n) is 1.96. The summed E-state index contributed by atoms with van der Waals surface area (Å²) >= 11 is 0. The van der Waals surface area contributed by atoms with Gasteiger partial charge < -0.3 is 10.1 Å². The van der Waals surface area contributed by atoms with E-state index in [4.69, 9.17) is 11.2 Å². The molecular weight excluding hydrogens is 162 g/mol. The molecule has 0 aliphatic rings. The second-order valence-corrected chi connectivity index (χ2v) is 3.02. The van der Waals surface area contributed by atoms with Crippen LogP contribution in [0.25, 0.3) is 0 Å². The quantitative estimate of drug-likeness (QED) is 0.458. The average molecular weight is 183 g/mol. The van der Waals surface area contributed by atoms with Gasteiger partial charge in [-0.05, 0) is 26.3 Å². The summed E-state index contributed by atoms with van der Waals surface area (Å²) in [5.41, 5.74) is 0. The molecule has 0 spiro atoms. The van der Waals surface area contributed by atoms with Crippen molar-refractivity contribution in [3.8, 4) is 12.3 Å². The van der Waals surface area contributed by atoms with Gasteiger partial charge in [0.1, 0.15) is 0 Å². The van der Waals surface area contributed by atoms with Crippen LogP contribution in [0.2, 0.25) is 0 Å². The predicted molar refractivity (Wildman–Crippen MR) is 56.6 cm³/mol. The summed E-state index contributed by atoms with van der Waals surface area (Å²) in [4.78, 5) is 0. The van der Waals surface area contributed by atoms with Gasteiger partial charge in [0.15, 0.2) is 0 Å². The van der Waals surface area contributed by atoms with E-state index in [-0.39, 0.29) is 0 Å². The Hall–Kier alpha value is -0.520. The molecule has 0 heterocycles. The van der Waals surface area contributed by atoms with Gasteiger partial charge in [-0.15, -0.1) is 12.3 Å². The Morgan fingerprint density at radius 1 is 1.46 bits per heavy atom. The summed E-state index contributed by atoms with van der Waals surface area (Å²) in [5.74, 6) is 2.68. The van der Waals surface area contributed by atoms with Gasteiger partial charge in [-0.3, -0.25) is 0 Å². The Morgan fingerprint density at radius 2 is 2.23 bits per heavy atom. The normalized spacial score (nSPS) is 12.4. The molecule has 2 nitrogen and oxygen atoms in total. The van der Waals surface area contributed by atoms with Crippen LogP contribution in [-0.4, -0.2) is 25.8 Å². The molecule has 76 valence electrons. The SMILES string of the molecule is C#CCC(CC)NCCCOCC. The minimum absolute atomic E-state index is 0.478. The Balaban J connectivity index is 3.23. The lowest BCUT2D eigenvalue weighted by molar-refractivity contribution is 0.144. The largest absolute Gasteiger partial charge is 0.382 e. The molecule has 0 aromatic heterocycles. The van der Waals surface area contributed by atoms with E-state index in [9.17, 15) is 0 Å². The van der Waals surface area contributed by atoms with E-state index in [1.165, 1.54) is 0 Å². The summed E-state index contributed by atoms with van der Waals surface area (Å²) in [6, 6.07) is 0.478. The smallest absolute Gasteiger partial charge is 0.0477 e. The number of hydrogen-bond donors (Lipinski definition) is 1. The lowest BCUT2D eigenvalue weighted by Crippen LogP contribution is -2.29. The molecule has 1 atom stereocenters. The Bertz CT molecular complexity index is 140. The van der Waals surface area contributed by atoms with E-state index in [1.54, 1.807) is 0 Å². The molecule has 1 unspecified atom stereocenters. The van der Waals surface area contributed by atoms with Crippen LogP contribution in [0.5, 0.6) is 0 Å². The van der Waals surface area contributed by atoms with Crippen molar-refractivity contribution in [2.75, 3.05) is 19.8 Å². The van der Waals surface area contributed by atoms with Crippen molar-refractivity contribution >= 4 is 0 Å². The molecule has 0 saturated carbocycles. The maximum Gasteiger partial charge on any atom is 0.0477 e. The van der Waals surface area contributed by atoms with Gasteiger partial charge in [-0.1, -0.05) is 6.92 Å². The molecule has 0 rings (SSSR count). The van der Waals surface area contributed by atoms with Gasteiger partial charge in [0, 0.05) is 25.7 Å². The zero-order chi connectivity index (χ0) is 9.94. The molecule has 0 aliphatic heterocycles. The summed E-state index contributed by atoms with van der Waals surface area (Å²) in [6.07, 6.45) is 8.23. The monoisotopic (exact) mass is 183 g/mol. The zero-order valence-electron chi connectivity index (χ0n) is 8.81. The highest BCUT2D eigenvalue weighted by atomic mass is 16.5. The highest BCUT2D eigenvalue weighted by Gasteiger charge is 2.01. The van der Waals surface area contributed by atoms with Crippen molar-refractivity contribution in [1.82, 2.24) is 5.32 Å². The van der Waals surface area contributed by atoms with E-state index < -0.39 is 0 Å². The number of nitrogens with one attached hydrogen (secondary N) is 1. The van der Waals surface area contributed by atoms with Crippen molar-refractivity contribution in [2.24, 2.45) is 0 Å². The molecule has 0 aliphatic carbocycles. The molecule has 0 radical (unpaired) electrons. The predicted octanol–water partition coefficient (Wildman–Crippen LogP) is 1.80. The van der Waals surface area contributed by atoms with Gasteiger partial charge in [0.2, 0.25) is 0 Å². The Morgan fingerprint density at radius 3 is 2.77 bits per heavy atom. The minimum Gasteiger partial charge on any atom is -0.382 e. The van der Waals surface area contributed by atoms with Gasteiger partial charge in [-0.25, -0.2) is 0 Å². The zero-order valence-corrected chi connectivity index (χ0v) is 8.81. The number of terminal acetylenes is 1. The first-order valence-electron chi connectivity index (χ1n) is 5.09. The fraction of sp³-hybridized carbons (Fsp3) is 0.818. The van der Waals surface area contributed by atoms with Crippen LogP contribution >= 0.6 is 0 Å². The first kappa shape index (κ1) is 12.5. The Kier molecular flexibility index (Phi) is 9.18. The molecule has 0 fully saturated rings. The molecule has 0 aromatic rings. The van der Waals surface area contributed by atoms with E-state index in [0.717, 1.165) is 39.0 Å². The first-order chi connectivity index (χ1) is 6.35. The highest BCUT2D eigenvalue weighted by molar-refractivity contribution is 4.89. The van der Waals surface area contributed by atoms with Crippen LogP contribution < -0.4 is 5.32 Å². The standard InChI is InChI=1S/C11H21NO/c1-4-8-11(5-2)12-9-7-10-13-6-3/h1,11-12H,5-10H2,2-3H3. The number of rotatable bonds is 8. The molecule has 0 aromatic carbocycles. The van der Waals surface area contributed by atoms with Crippen LogP contribution in [0.1, 0.15) is 33.1 Å². The van der Waals surface area contributed by atoms with Gasteiger partial charge in [-0.2, -0.15) is 0 Å². The lowest BCUT2D eigenvalue weighted by Gasteiger charge is -2.13. The van der Waals surface area contributed by atoms with Crippen LogP contribution in [0.4, 0.5) is 0 Å². The lowest BCUT2D eigenvalue weighted by atomic mass is 10.1. The van der Waals surface area contributed by atoms with Crippen LogP contribution in [0.3, 0.4) is 0 Å². The maximum atomic E-state index is 5.24. The maximum absolute atomic E-state index is 5.24. The fourth-order valence-electron chi connectivity index (χ4n) is 1.13. The van der Waals surface area contributed by atoms with Crippen LogP contribution in [0, 0.1) is 12.3 Å². The van der Waals surface area contributed by atoms with Crippen molar-refractivity contribution < 1.29 is 4.74 Å². The van der Waals surface area contributed by atoms with Crippen molar-refractivity contribution in [3.63, 3.8) is 0 Å². The van der Waals surface area contributed by atoms with Crippen molar-refractivity contribution in [3.05, 3.63) is 0 Å². The molecular formula is C11H21NO. The second-order valence-electron chi connectivity index (χ2n) is 3.02.